The van der Waals surface area contributed by atoms with Gasteiger partial charge in [-0.15, -0.1) is 0 Å². The van der Waals surface area contributed by atoms with E-state index in [0.717, 1.165) is 11.9 Å². The molecule has 1 aliphatic heterocycles. The minimum absolute atomic E-state index is 0. The molecule has 0 amide bonds. The number of hydrogen-bond acceptors (Lipinski definition) is 5. The molecule has 2 rings (SSSR count). The van der Waals surface area contributed by atoms with Gasteiger partial charge < -0.3 is 9.45 Å². The third-order valence-electron chi connectivity index (χ3n) is 3.25. The van der Waals surface area contributed by atoms with E-state index < -0.39 is 15.5 Å². The van der Waals surface area contributed by atoms with E-state index in [4.69, 9.17) is 0 Å². The number of hydrogen-bond donors (Lipinski definition) is 0. The summed E-state index contributed by atoms with van der Waals surface area (Å²) in [5.74, 6) is 0.646. The van der Waals surface area contributed by atoms with Crippen molar-refractivity contribution in [1.82, 2.24) is 4.98 Å². The topological polar surface area (TPSA) is 73.3 Å². The van der Waals surface area contributed by atoms with Crippen molar-refractivity contribution < 1.29 is 42.5 Å². The molecule has 0 saturated heterocycles. The Morgan fingerprint density at radius 3 is 2.50 bits per heavy atom. The summed E-state index contributed by atoms with van der Waals surface area (Å²) in [6, 6.07) is 1.39. The van der Waals surface area contributed by atoms with Gasteiger partial charge in [0.05, 0.1) is 4.90 Å². The second-order valence-electron chi connectivity index (χ2n) is 4.63. The number of fused-ring (bicyclic) bond motifs is 1. The summed E-state index contributed by atoms with van der Waals surface area (Å²) in [6.07, 6.45) is 1.09. The zero-order valence-electron chi connectivity index (χ0n) is 10.9. The molecule has 0 N–H and O–H groups in total. The van der Waals surface area contributed by atoms with Gasteiger partial charge in [0.1, 0.15) is 15.9 Å². The van der Waals surface area contributed by atoms with Crippen LogP contribution in [-0.4, -0.2) is 25.0 Å². The fourth-order valence-corrected chi connectivity index (χ4v) is 2.45. The Bertz CT molecular complexity index is 611. The molecule has 1 aromatic rings. The summed E-state index contributed by atoms with van der Waals surface area (Å²) in [5, 5.41) is 0. The minimum atomic E-state index is -4.47. The fraction of sp³-hybridized carbons (Fsp3) is 0.364. The molecule has 0 aliphatic carbocycles. The monoisotopic (exact) mass is 276 g/mol. The average molecular weight is 276 g/mol. The van der Waals surface area contributed by atoms with Crippen LogP contribution in [0.15, 0.2) is 29.4 Å². The quantitative estimate of drug-likeness (QED) is 0.448. The molecule has 0 unspecified atom stereocenters. The molecule has 0 aromatic carbocycles. The smallest absolute Gasteiger partial charge is 0.744 e. The number of allylic oxidation sites excluding steroid dienone is 1. The normalized spacial score (nSPS) is 17.3. The summed E-state index contributed by atoms with van der Waals surface area (Å²) in [4.78, 5) is 5.54. The Kier molecular flexibility index (Phi) is 4.01. The maximum Gasteiger partial charge on any atom is 1.00 e. The van der Waals surface area contributed by atoms with Gasteiger partial charge in [0.25, 0.3) is 0 Å². The van der Waals surface area contributed by atoms with E-state index >= 15 is 0 Å². The van der Waals surface area contributed by atoms with Crippen LogP contribution in [0.4, 0.5) is 5.82 Å². The second-order valence-corrected chi connectivity index (χ2v) is 6.01. The average Bonchev–Trinajstić information content (AvgIpc) is 2.39. The maximum absolute atomic E-state index is 11.0. The van der Waals surface area contributed by atoms with Crippen molar-refractivity contribution in [3.63, 3.8) is 0 Å². The Morgan fingerprint density at radius 2 is 2.00 bits per heavy atom. The third kappa shape index (κ3) is 2.23. The first kappa shape index (κ1) is 15.7. The Morgan fingerprint density at radius 1 is 1.44 bits per heavy atom. The number of likely N-dealkylation sites (N-methyl/N-ethyl adjacent to an activating group) is 1. The van der Waals surface area contributed by atoms with Gasteiger partial charge in [-0.1, -0.05) is 20.4 Å². The van der Waals surface area contributed by atoms with Crippen LogP contribution in [0, 0.1) is 0 Å². The zero-order chi connectivity index (χ0) is 13.0. The molecule has 0 radical (unpaired) electrons. The molecular formula is C11H13N2NaO3S. The van der Waals surface area contributed by atoms with Crippen molar-refractivity contribution in [2.45, 2.75) is 24.2 Å². The van der Waals surface area contributed by atoms with E-state index in [9.17, 15) is 13.0 Å². The van der Waals surface area contributed by atoms with E-state index in [2.05, 4.69) is 11.6 Å². The van der Waals surface area contributed by atoms with Crippen molar-refractivity contribution in [1.29, 1.82) is 0 Å². The van der Waals surface area contributed by atoms with E-state index in [-0.39, 0.29) is 34.5 Å². The summed E-state index contributed by atoms with van der Waals surface area (Å²) >= 11 is 0. The second kappa shape index (κ2) is 4.61. The van der Waals surface area contributed by atoms with Crippen LogP contribution < -0.4 is 34.5 Å². The van der Waals surface area contributed by atoms with Gasteiger partial charge in [-0.3, -0.25) is 0 Å². The van der Waals surface area contributed by atoms with Crippen LogP contribution in [0.3, 0.4) is 0 Å². The van der Waals surface area contributed by atoms with E-state index in [0.29, 0.717) is 11.4 Å². The number of aromatic nitrogens is 1. The number of pyridine rings is 1. The Labute approximate surface area is 129 Å². The third-order valence-corrected chi connectivity index (χ3v) is 4.05. The molecule has 18 heavy (non-hydrogen) atoms. The van der Waals surface area contributed by atoms with Gasteiger partial charge in [0.15, 0.2) is 0 Å². The number of anilines is 1. The Balaban J connectivity index is 0.00000162. The van der Waals surface area contributed by atoms with Gasteiger partial charge in [-0.25, -0.2) is 13.4 Å². The van der Waals surface area contributed by atoms with Gasteiger partial charge in [-0.05, 0) is 6.07 Å². The van der Waals surface area contributed by atoms with Crippen LogP contribution in [0.1, 0.15) is 19.4 Å². The molecule has 1 aromatic heterocycles. The van der Waals surface area contributed by atoms with Crippen LogP contribution in [0.2, 0.25) is 0 Å². The molecule has 0 atom stereocenters. The van der Waals surface area contributed by atoms with Crippen LogP contribution >= 0.6 is 0 Å². The minimum Gasteiger partial charge on any atom is -0.744 e. The molecule has 0 fully saturated rings. The van der Waals surface area contributed by atoms with Crippen LogP contribution in [0.25, 0.3) is 0 Å². The summed E-state index contributed by atoms with van der Waals surface area (Å²) < 4.78 is 32.9. The van der Waals surface area contributed by atoms with Crippen LogP contribution in [-0.2, 0) is 15.5 Å². The number of nitrogens with zero attached hydrogens (tertiary/aromatic N) is 2. The first-order valence-corrected chi connectivity index (χ1v) is 6.46. The summed E-state index contributed by atoms with van der Waals surface area (Å²) in [6.45, 7) is 7.79. The van der Waals surface area contributed by atoms with Gasteiger partial charge in [0.2, 0.25) is 0 Å². The predicted molar refractivity (Wildman–Crippen MR) is 62.8 cm³/mol. The van der Waals surface area contributed by atoms with Gasteiger partial charge in [-0.2, -0.15) is 0 Å². The van der Waals surface area contributed by atoms with Gasteiger partial charge >= 0.3 is 29.6 Å². The molecular weight excluding hydrogens is 263 g/mol. The van der Waals surface area contributed by atoms with Gasteiger partial charge in [0, 0.05) is 29.9 Å². The van der Waals surface area contributed by atoms with Crippen molar-refractivity contribution >= 4 is 15.9 Å². The standard InChI is InChI=1S/C11H14N2O3S.Na/c1-7-11(2,3)9-5-8(17(14,15)16)6-12-10(9)13(7)4;/h5-6H,1H2,2-4H3,(H,14,15,16);/q;+1/p-1. The molecule has 2 heterocycles. The zero-order valence-corrected chi connectivity index (χ0v) is 13.7. The van der Waals surface area contributed by atoms with Crippen LogP contribution in [0.5, 0.6) is 0 Å². The first-order valence-electron chi connectivity index (χ1n) is 5.05. The predicted octanol–water partition coefficient (Wildman–Crippen LogP) is -1.77. The van der Waals surface area contributed by atoms with Crippen molar-refractivity contribution in [2.24, 2.45) is 0 Å². The maximum atomic E-state index is 11.0. The SMILES string of the molecule is C=C1N(C)c2ncc(S(=O)(=O)[O-])cc2C1(C)C.[Na+]. The first-order chi connectivity index (χ1) is 7.65. The van der Waals surface area contributed by atoms with Crippen molar-refractivity contribution in [2.75, 3.05) is 11.9 Å². The summed E-state index contributed by atoms with van der Waals surface area (Å²) in [7, 11) is -2.66. The number of rotatable bonds is 1. The molecule has 5 nitrogen and oxygen atoms in total. The molecule has 1 aliphatic rings. The molecule has 7 heteroatoms. The van der Waals surface area contributed by atoms with Crippen molar-refractivity contribution in [3.8, 4) is 0 Å². The molecule has 0 bridgehead atoms. The molecule has 0 saturated carbocycles. The van der Waals surface area contributed by atoms with E-state index in [1.54, 1.807) is 4.90 Å². The Hall–Kier alpha value is -0.400. The summed E-state index contributed by atoms with van der Waals surface area (Å²) in [5.41, 5.74) is 1.11. The largest absolute Gasteiger partial charge is 1.00 e. The van der Waals surface area contributed by atoms with Crippen molar-refractivity contribution in [3.05, 3.63) is 30.1 Å². The molecule has 0 spiro atoms. The molecule has 92 valence electrons. The fourth-order valence-electron chi connectivity index (χ4n) is 2.00. The van der Waals surface area contributed by atoms with E-state index in [1.165, 1.54) is 6.07 Å². The van der Waals surface area contributed by atoms with E-state index in [1.807, 2.05) is 20.9 Å².